The molecule has 7 heterocycles. The van der Waals surface area contributed by atoms with Crippen LogP contribution in [0.25, 0.3) is 10.9 Å². The van der Waals surface area contributed by atoms with Gasteiger partial charge in [0.1, 0.15) is 61.2 Å². The first-order valence-electron chi connectivity index (χ1n) is 23.6. The van der Waals surface area contributed by atoms with Crippen LogP contribution < -0.4 is 35.2 Å². The molecule has 2 fully saturated rings. The van der Waals surface area contributed by atoms with Crippen molar-refractivity contribution in [2.75, 3.05) is 13.4 Å². The van der Waals surface area contributed by atoms with Crippen molar-refractivity contribution in [3.63, 3.8) is 0 Å². The number of esters is 1. The molecule has 1 aliphatic carbocycles. The molecule has 11 rings (SSSR count). The number of carboxylic acid groups (broad SMARTS) is 1. The number of H-pyrrole nitrogens is 1. The minimum Gasteiger partial charge on any atom is -0.487 e. The van der Waals surface area contributed by atoms with Crippen molar-refractivity contribution in [2.24, 2.45) is 16.9 Å². The number of aromatic nitrogens is 2. The summed E-state index contributed by atoms with van der Waals surface area (Å²) in [5, 5.41) is 79.8. The standard InChI is InChI=1S/C51H54N4O16/c52-48(53)46(69-36(61)17-35(59)60)45-40(62)47(63)51(64)49(71-45)68-33-16-34-37(30(29(33)18-50(51)13-4-5-14-50)20-55-19-25-12-15-54-39(25)31(55)21-56)44-38-28-10-11-32(66-23-57)43(42(28)70-44)65-22-26(58)8-9-27(41(38)67-34)24-6-2-1-3-7-24/h1-3,6-7,10-12,15-16,19,26-27,38,40-41,44-49,54,56-58,62-64H,4-5,13-14,17-18,20-23,52-53H2,(H,59,60). The van der Waals surface area contributed by atoms with E-state index in [-0.39, 0.29) is 43.4 Å². The third-order valence-electron chi connectivity index (χ3n) is 15.3. The van der Waals surface area contributed by atoms with Crippen LogP contribution in [0.15, 0.2) is 67.0 Å². The Morgan fingerprint density at radius 1 is 0.972 bits per heavy atom. The normalized spacial score (nSPS) is 29.1. The van der Waals surface area contributed by atoms with E-state index >= 15 is 0 Å². The van der Waals surface area contributed by atoms with Gasteiger partial charge in [-0.15, -0.1) is 0 Å². The summed E-state index contributed by atoms with van der Waals surface area (Å²) in [6.07, 6.45) is -8.99. The number of aliphatic carboxylic acids is 1. The van der Waals surface area contributed by atoms with Crippen LogP contribution in [0.1, 0.15) is 83.6 Å². The van der Waals surface area contributed by atoms with E-state index in [2.05, 4.69) is 16.8 Å². The number of ether oxygens (including phenoxy) is 7. The first-order valence-corrected chi connectivity index (χ1v) is 23.6. The Bertz CT molecular complexity index is 2940. The minimum atomic E-state index is -2.34. The van der Waals surface area contributed by atoms with E-state index in [1.54, 1.807) is 18.3 Å². The molecule has 0 radical (unpaired) electrons. The van der Waals surface area contributed by atoms with E-state index in [9.17, 15) is 45.3 Å². The minimum absolute atomic E-state index is 0.0728. The lowest BCUT2D eigenvalue weighted by Gasteiger charge is -2.55. The quantitative estimate of drug-likeness (QED) is 0.0389. The number of nitrogens with one attached hydrogen (secondary N) is 1. The van der Waals surface area contributed by atoms with E-state index in [0.29, 0.717) is 65.1 Å². The lowest BCUT2D eigenvalue weighted by molar-refractivity contribution is -0.356. The number of aromatic amines is 1. The molecule has 1 saturated heterocycles. The molecule has 6 aliphatic rings. The average Bonchev–Trinajstić information content (AvgIpc) is 4.15. The maximum absolute atomic E-state index is 13.3. The third-order valence-corrected chi connectivity index (χ3v) is 15.3. The fourth-order valence-corrected chi connectivity index (χ4v) is 12.1. The zero-order valence-corrected chi connectivity index (χ0v) is 38.2. The summed E-state index contributed by atoms with van der Waals surface area (Å²) < 4.78 is 47.0. The highest BCUT2D eigenvalue weighted by atomic mass is 16.7. The Balaban J connectivity index is 1.14. The summed E-state index contributed by atoms with van der Waals surface area (Å²) >= 11 is 0. The summed E-state index contributed by atoms with van der Waals surface area (Å²) in [5.41, 5.74) is 13.2. The van der Waals surface area contributed by atoms with Crippen molar-refractivity contribution in [3.8, 4) is 40.6 Å². The molecule has 5 aromatic rings. The number of carboxylic acids is 1. The Morgan fingerprint density at radius 2 is 1.76 bits per heavy atom. The molecule has 71 heavy (non-hydrogen) atoms. The Hall–Kier alpha value is -6.38. The number of nitrogens with zero attached hydrogens (tertiary/aromatic N) is 1. The van der Waals surface area contributed by atoms with Gasteiger partial charge < -0.3 is 89.9 Å². The van der Waals surface area contributed by atoms with Gasteiger partial charge >= 0.3 is 11.9 Å². The van der Waals surface area contributed by atoms with E-state index in [0.717, 1.165) is 16.5 Å². The predicted molar refractivity (Wildman–Crippen MR) is 246 cm³/mol. The maximum Gasteiger partial charge on any atom is 0.317 e. The number of rotatable bonds is 11. The van der Waals surface area contributed by atoms with Crippen LogP contribution in [0, 0.1) is 17.3 Å². The molecule has 11 unspecified atom stereocenters. The van der Waals surface area contributed by atoms with Gasteiger partial charge in [-0.05, 0) is 42.5 Å². The van der Waals surface area contributed by atoms with Gasteiger partial charge in [-0.2, -0.15) is 0 Å². The van der Waals surface area contributed by atoms with Gasteiger partial charge in [0.15, 0.2) is 30.0 Å². The number of hydrogen-bond acceptors (Lipinski definition) is 17. The Morgan fingerprint density at radius 3 is 2.49 bits per heavy atom. The van der Waals surface area contributed by atoms with Gasteiger partial charge in [-0.1, -0.05) is 61.1 Å². The summed E-state index contributed by atoms with van der Waals surface area (Å²) in [6.45, 7) is -1.18. The molecule has 11 atom stereocenters. The number of nitrogens with two attached hydrogens (primary N) is 2. The van der Waals surface area contributed by atoms with Crippen LogP contribution in [-0.2, 0) is 38.6 Å². The predicted octanol–water partition coefficient (Wildman–Crippen LogP) is 1.66. The van der Waals surface area contributed by atoms with Crippen LogP contribution in [0.3, 0.4) is 0 Å². The number of fused-ring (bicyclic) bond motifs is 6. The van der Waals surface area contributed by atoms with E-state index in [4.69, 9.17) is 44.6 Å². The zero-order valence-electron chi connectivity index (χ0n) is 38.2. The molecule has 1 spiro atoms. The molecule has 20 heteroatoms. The highest BCUT2D eigenvalue weighted by molar-refractivity contribution is 5.90. The van der Waals surface area contributed by atoms with Crippen molar-refractivity contribution < 1.29 is 78.5 Å². The molecule has 20 nitrogen and oxygen atoms in total. The average molecular weight is 979 g/mol. The van der Waals surface area contributed by atoms with Gasteiger partial charge in [0.2, 0.25) is 12.0 Å². The number of aliphatic hydroxyl groups excluding tert-OH is 5. The van der Waals surface area contributed by atoms with Crippen LogP contribution in [0.2, 0.25) is 0 Å². The topological polar surface area (TPSA) is 313 Å². The second kappa shape index (κ2) is 18.0. The lowest BCUT2D eigenvalue weighted by atomic mass is 9.61. The van der Waals surface area contributed by atoms with Crippen LogP contribution in [0.5, 0.6) is 28.7 Å². The number of carbonyl (C=O) groups excluding carboxylic acids is 1. The number of benzene rings is 3. The van der Waals surface area contributed by atoms with Crippen LogP contribution in [0.4, 0.5) is 0 Å². The van der Waals surface area contributed by atoms with Crippen molar-refractivity contribution in [1.29, 1.82) is 0 Å². The summed E-state index contributed by atoms with van der Waals surface area (Å²) in [4.78, 5) is 27.4. The van der Waals surface area contributed by atoms with Gasteiger partial charge in [0.05, 0.1) is 35.8 Å². The summed E-state index contributed by atoms with van der Waals surface area (Å²) in [7, 11) is 0. The second-order valence-electron chi connectivity index (χ2n) is 19.2. The molecular weight excluding hydrogens is 925 g/mol. The van der Waals surface area contributed by atoms with Gasteiger partial charge in [-0.25, -0.2) is 0 Å². The first-order chi connectivity index (χ1) is 34.2. The van der Waals surface area contributed by atoms with E-state index in [1.165, 1.54) is 0 Å². The smallest absolute Gasteiger partial charge is 0.317 e. The summed E-state index contributed by atoms with van der Waals surface area (Å²) in [5.74, 6) is 3.33. The molecule has 0 amide bonds. The Labute approximate surface area is 405 Å². The molecule has 374 valence electrons. The monoisotopic (exact) mass is 978 g/mol. The van der Waals surface area contributed by atoms with E-state index < -0.39 is 103 Å². The fraction of sp³-hybridized carbons (Fsp3) is 0.451. The largest absolute Gasteiger partial charge is 0.487 e. The molecule has 12 N–H and O–H groups in total. The number of hydrogen-bond donors (Lipinski definition) is 10. The van der Waals surface area contributed by atoms with Gasteiger partial charge in [0, 0.05) is 52.5 Å². The Kier molecular flexibility index (Phi) is 11.9. The van der Waals surface area contributed by atoms with Crippen molar-refractivity contribution in [2.45, 2.75) is 124 Å². The molecule has 2 aromatic heterocycles. The lowest BCUT2D eigenvalue weighted by Crippen LogP contribution is -2.75. The third kappa shape index (κ3) is 7.57. The fourth-order valence-electron chi connectivity index (χ4n) is 12.1. The second-order valence-corrected chi connectivity index (χ2v) is 19.2. The van der Waals surface area contributed by atoms with Gasteiger partial charge in [-0.3, -0.25) is 9.59 Å². The summed E-state index contributed by atoms with van der Waals surface area (Å²) in [6, 6.07) is 16.6. The van der Waals surface area contributed by atoms with Crippen LogP contribution >= 0.6 is 0 Å². The SMILES string of the molecule is NC(N)C(OC(=O)CC(=O)O)C1OC2Oc3cc4c(c(Cn5cc6cc[nH]c6c5CO)c3CC3(CCCC3)C2(O)C(O)C1O)C1Oc2c3ccc(OCO)c2OCC(O)C#CC(c2ccccc2)C(O4)C31. The first kappa shape index (κ1) is 47.0. The number of aliphatic hydroxyl groups is 6. The molecule has 1 saturated carbocycles. The highest BCUT2D eigenvalue weighted by Crippen LogP contribution is 2.64. The van der Waals surface area contributed by atoms with Gasteiger partial charge in [0.25, 0.3) is 0 Å². The molecular formula is C51H54N4O16. The van der Waals surface area contributed by atoms with Crippen molar-refractivity contribution in [1.82, 2.24) is 9.55 Å². The van der Waals surface area contributed by atoms with E-state index in [1.807, 2.05) is 53.2 Å². The highest BCUT2D eigenvalue weighted by Gasteiger charge is 2.69. The molecule has 4 bridgehead atoms. The number of carbonyl (C=O) groups is 2. The van der Waals surface area contributed by atoms with Crippen molar-refractivity contribution >= 4 is 22.8 Å². The van der Waals surface area contributed by atoms with Crippen molar-refractivity contribution in [3.05, 3.63) is 101 Å². The maximum atomic E-state index is 13.3. The molecule has 5 aliphatic heterocycles. The zero-order chi connectivity index (χ0) is 49.5. The molecule has 3 aromatic carbocycles. The van der Waals surface area contributed by atoms with Crippen LogP contribution in [-0.4, -0.2) is 125 Å².